The molecule has 0 heterocycles. The number of rotatable bonds is 8. The standard InChI is InChI=1S/C18H21NO/c1-3-9-17(10-4-1)11-7-14-19-15-8-16-20-18-12-5-2-6-13-18/h1-7,9-13,19H,8,14-16H2. The average Bonchev–Trinajstić information content (AvgIpc) is 2.52. The highest BCUT2D eigenvalue weighted by atomic mass is 16.5. The molecule has 0 radical (unpaired) electrons. The molecular weight excluding hydrogens is 246 g/mol. The molecule has 1 N–H and O–H groups in total. The van der Waals surface area contributed by atoms with Crippen LogP contribution < -0.4 is 10.1 Å². The predicted molar refractivity (Wildman–Crippen MR) is 84.9 cm³/mol. The fourth-order valence-electron chi connectivity index (χ4n) is 1.85. The Morgan fingerprint density at radius 3 is 2.35 bits per heavy atom. The van der Waals surface area contributed by atoms with Crippen molar-refractivity contribution in [1.29, 1.82) is 0 Å². The van der Waals surface area contributed by atoms with Crippen LogP contribution in [0.15, 0.2) is 66.7 Å². The summed E-state index contributed by atoms with van der Waals surface area (Å²) >= 11 is 0. The van der Waals surface area contributed by atoms with Crippen LogP contribution in [0.25, 0.3) is 6.08 Å². The number of para-hydroxylation sites is 1. The first-order valence-electron chi connectivity index (χ1n) is 7.05. The maximum Gasteiger partial charge on any atom is 0.119 e. The lowest BCUT2D eigenvalue weighted by atomic mass is 10.2. The van der Waals surface area contributed by atoms with Crippen molar-refractivity contribution < 1.29 is 4.74 Å². The lowest BCUT2D eigenvalue weighted by molar-refractivity contribution is 0.309. The summed E-state index contributed by atoms with van der Waals surface area (Å²) in [6.07, 6.45) is 5.29. The molecule has 0 aliphatic carbocycles. The molecule has 2 aromatic carbocycles. The number of hydrogen-bond acceptors (Lipinski definition) is 2. The topological polar surface area (TPSA) is 21.3 Å². The monoisotopic (exact) mass is 267 g/mol. The van der Waals surface area contributed by atoms with E-state index in [2.05, 4.69) is 29.6 Å². The van der Waals surface area contributed by atoms with Gasteiger partial charge in [-0.3, -0.25) is 0 Å². The Kier molecular flexibility index (Phi) is 6.42. The molecule has 2 nitrogen and oxygen atoms in total. The second-order valence-corrected chi connectivity index (χ2v) is 4.53. The van der Waals surface area contributed by atoms with Crippen LogP contribution >= 0.6 is 0 Å². The predicted octanol–water partition coefficient (Wildman–Crippen LogP) is 3.76. The van der Waals surface area contributed by atoms with E-state index in [4.69, 9.17) is 4.74 Å². The van der Waals surface area contributed by atoms with Crippen molar-refractivity contribution in [1.82, 2.24) is 5.32 Å². The zero-order valence-electron chi connectivity index (χ0n) is 11.7. The zero-order valence-corrected chi connectivity index (χ0v) is 11.7. The van der Waals surface area contributed by atoms with Crippen LogP contribution in [0.4, 0.5) is 0 Å². The Hall–Kier alpha value is -2.06. The summed E-state index contributed by atoms with van der Waals surface area (Å²) in [5, 5.41) is 3.38. The van der Waals surface area contributed by atoms with Crippen molar-refractivity contribution in [3.63, 3.8) is 0 Å². The largest absolute Gasteiger partial charge is 0.494 e. The highest BCUT2D eigenvalue weighted by Gasteiger charge is 1.91. The Bertz CT molecular complexity index is 493. The van der Waals surface area contributed by atoms with Gasteiger partial charge in [0.15, 0.2) is 0 Å². The molecule has 0 aliphatic heterocycles. The van der Waals surface area contributed by atoms with E-state index in [-0.39, 0.29) is 0 Å². The molecule has 0 atom stereocenters. The summed E-state index contributed by atoms with van der Waals surface area (Å²) in [4.78, 5) is 0. The van der Waals surface area contributed by atoms with Crippen LogP contribution in [0.5, 0.6) is 5.75 Å². The highest BCUT2D eigenvalue weighted by molar-refractivity contribution is 5.48. The molecule has 2 rings (SSSR count). The van der Waals surface area contributed by atoms with E-state index in [9.17, 15) is 0 Å². The first-order valence-corrected chi connectivity index (χ1v) is 7.05. The molecule has 0 bridgehead atoms. The minimum Gasteiger partial charge on any atom is -0.494 e. The Labute approximate surface area is 121 Å². The molecule has 0 saturated heterocycles. The number of hydrogen-bond donors (Lipinski definition) is 1. The van der Waals surface area contributed by atoms with Gasteiger partial charge in [-0.2, -0.15) is 0 Å². The Morgan fingerprint density at radius 2 is 1.60 bits per heavy atom. The van der Waals surface area contributed by atoms with Crippen molar-refractivity contribution in [2.24, 2.45) is 0 Å². The van der Waals surface area contributed by atoms with Gasteiger partial charge in [-0.1, -0.05) is 60.7 Å². The van der Waals surface area contributed by atoms with E-state index in [1.165, 1.54) is 5.56 Å². The molecule has 0 spiro atoms. The summed E-state index contributed by atoms with van der Waals surface area (Å²) in [6, 6.07) is 20.3. The van der Waals surface area contributed by atoms with Gasteiger partial charge >= 0.3 is 0 Å². The van der Waals surface area contributed by atoms with Gasteiger partial charge in [0.2, 0.25) is 0 Å². The molecule has 0 saturated carbocycles. The lowest BCUT2D eigenvalue weighted by Crippen LogP contribution is -2.17. The fraction of sp³-hybridized carbons (Fsp3) is 0.222. The molecular formula is C18H21NO. The van der Waals surface area contributed by atoms with Gasteiger partial charge in [0.1, 0.15) is 5.75 Å². The minimum absolute atomic E-state index is 0.749. The van der Waals surface area contributed by atoms with Gasteiger partial charge in [-0.05, 0) is 30.7 Å². The van der Waals surface area contributed by atoms with E-state index in [0.717, 1.165) is 31.9 Å². The van der Waals surface area contributed by atoms with Crippen LogP contribution in [-0.2, 0) is 0 Å². The maximum absolute atomic E-state index is 5.62. The fourth-order valence-corrected chi connectivity index (χ4v) is 1.85. The van der Waals surface area contributed by atoms with Crippen molar-refractivity contribution in [2.75, 3.05) is 19.7 Å². The number of nitrogens with one attached hydrogen (secondary N) is 1. The molecule has 104 valence electrons. The zero-order chi connectivity index (χ0) is 13.9. The van der Waals surface area contributed by atoms with E-state index >= 15 is 0 Å². The smallest absolute Gasteiger partial charge is 0.119 e. The molecule has 0 unspecified atom stereocenters. The van der Waals surface area contributed by atoms with Crippen molar-refractivity contribution in [2.45, 2.75) is 6.42 Å². The van der Waals surface area contributed by atoms with Crippen LogP contribution in [0.3, 0.4) is 0 Å². The molecule has 0 aliphatic rings. The minimum atomic E-state index is 0.749. The molecule has 20 heavy (non-hydrogen) atoms. The van der Waals surface area contributed by atoms with Gasteiger partial charge in [0.05, 0.1) is 6.61 Å². The van der Waals surface area contributed by atoms with Gasteiger partial charge < -0.3 is 10.1 Å². The van der Waals surface area contributed by atoms with E-state index in [1.807, 2.05) is 48.5 Å². The van der Waals surface area contributed by atoms with Crippen LogP contribution in [0.1, 0.15) is 12.0 Å². The van der Waals surface area contributed by atoms with Gasteiger partial charge in [0.25, 0.3) is 0 Å². The maximum atomic E-state index is 5.62. The second kappa shape index (κ2) is 8.94. The average molecular weight is 267 g/mol. The van der Waals surface area contributed by atoms with Crippen molar-refractivity contribution in [3.05, 3.63) is 72.3 Å². The van der Waals surface area contributed by atoms with Crippen LogP contribution in [0, 0.1) is 0 Å². The Morgan fingerprint density at radius 1 is 0.900 bits per heavy atom. The summed E-state index contributed by atoms with van der Waals surface area (Å²) in [5.41, 5.74) is 1.24. The third kappa shape index (κ3) is 5.72. The highest BCUT2D eigenvalue weighted by Crippen LogP contribution is 2.08. The Balaban J connectivity index is 1.51. The third-order valence-electron chi connectivity index (χ3n) is 2.88. The van der Waals surface area contributed by atoms with Gasteiger partial charge in [-0.15, -0.1) is 0 Å². The molecule has 0 amide bonds. The normalized spacial score (nSPS) is 10.8. The van der Waals surface area contributed by atoms with E-state index in [0.29, 0.717) is 0 Å². The third-order valence-corrected chi connectivity index (χ3v) is 2.88. The molecule has 2 heteroatoms. The van der Waals surface area contributed by atoms with Crippen LogP contribution in [0.2, 0.25) is 0 Å². The molecule has 2 aromatic rings. The first-order chi connectivity index (χ1) is 9.95. The SMILES string of the molecule is C(=Cc1ccccc1)CNCCCOc1ccccc1. The first kappa shape index (κ1) is 14.4. The van der Waals surface area contributed by atoms with E-state index in [1.54, 1.807) is 0 Å². The van der Waals surface area contributed by atoms with Gasteiger partial charge in [-0.25, -0.2) is 0 Å². The molecule has 0 fully saturated rings. The summed E-state index contributed by atoms with van der Waals surface area (Å²) in [7, 11) is 0. The van der Waals surface area contributed by atoms with Gasteiger partial charge in [0, 0.05) is 6.54 Å². The quantitative estimate of drug-likeness (QED) is 0.735. The summed E-state index contributed by atoms with van der Waals surface area (Å²) in [5.74, 6) is 0.941. The summed E-state index contributed by atoms with van der Waals surface area (Å²) < 4.78 is 5.62. The van der Waals surface area contributed by atoms with Crippen LogP contribution in [-0.4, -0.2) is 19.7 Å². The molecule has 0 aromatic heterocycles. The van der Waals surface area contributed by atoms with Crippen molar-refractivity contribution in [3.8, 4) is 5.75 Å². The second-order valence-electron chi connectivity index (χ2n) is 4.53. The van der Waals surface area contributed by atoms with E-state index < -0.39 is 0 Å². The van der Waals surface area contributed by atoms with Crippen molar-refractivity contribution >= 4 is 6.08 Å². The number of benzene rings is 2. The number of ether oxygens (including phenoxy) is 1. The lowest BCUT2D eigenvalue weighted by Gasteiger charge is -2.05. The summed E-state index contributed by atoms with van der Waals surface area (Å²) in [6.45, 7) is 2.60.